The molecule has 1 aliphatic heterocycles. The van der Waals surface area contributed by atoms with Crippen LogP contribution in [0.15, 0.2) is 24.7 Å². The van der Waals surface area contributed by atoms with E-state index in [1.54, 1.807) is 13.3 Å². The van der Waals surface area contributed by atoms with Crippen molar-refractivity contribution in [3.63, 3.8) is 0 Å². The van der Waals surface area contributed by atoms with E-state index < -0.39 is 0 Å². The summed E-state index contributed by atoms with van der Waals surface area (Å²) in [5.41, 5.74) is 3.53. The van der Waals surface area contributed by atoms with Crippen molar-refractivity contribution in [3.05, 3.63) is 47.3 Å². The number of nitrogens with zero attached hydrogens (tertiary/aromatic N) is 4. The van der Waals surface area contributed by atoms with E-state index in [2.05, 4.69) is 19.9 Å². The number of methoxy groups -OCH3 is 1. The lowest BCUT2D eigenvalue weighted by Crippen LogP contribution is -2.31. The molecule has 3 rings (SSSR count). The van der Waals surface area contributed by atoms with Crippen molar-refractivity contribution in [3.8, 4) is 5.75 Å². The van der Waals surface area contributed by atoms with Crippen molar-refractivity contribution < 1.29 is 4.74 Å². The number of aryl methyl sites for hydroxylation is 1. The van der Waals surface area contributed by atoms with Gasteiger partial charge in [-0.05, 0) is 13.0 Å². The molecule has 0 fully saturated rings. The summed E-state index contributed by atoms with van der Waals surface area (Å²) in [6, 6.07) is 1.90. The summed E-state index contributed by atoms with van der Waals surface area (Å²) in [4.78, 5) is 15.4. The van der Waals surface area contributed by atoms with Gasteiger partial charge in [-0.2, -0.15) is 0 Å². The zero-order valence-corrected chi connectivity index (χ0v) is 11.8. The van der Waals surface area contributed by atoms with Crippen LogP contribution in [-0.2, 0) is 19.5 Å². The average Bonchev–Trinajstić information content (AvgIpc) is 2.48. The molecule has 20 heavy (non-hydrogen) atoms. The summed E-state index contributed by atoms with van der Waals surface area (Å²) >= 11 is 0. The molecular formula is C15H18N4O. The summed E-state index contributed by atoms with van der Waals surface area (Å²) in [6.07, 6.45) is 6.55. The minimum Gasteiger partial charge on any atom is -0.496 e. The second kappa shape index (κ2) is 5.54. The first kappa shape index (κ1) is 13.0. The SMILES string of the molecule is COc1ccncc1CN1CCc2nc(C)ncc2C1. The molecule has 0 aliphatic carbocycles. The maximum Gasteiger partial charge on any atom is 0.126 e. The molecule has 5 nitrogen and oxygen atoms in total. The van der Waals surface area contributed by atoms with Crippen molar-refractivity contribution >= 4 is 0 Å². The van der Waals surface area contributed by atoms with E-state index in [9.17, 15) is 0 Å². The highest BCUT2D eigenvalue weighted by molar-refractivity contribution is 5.30. The molecule has 0 radical (unpaired) electrons. The van der Waals surface area contributed by atoms with Crippen LogP contribution in [0.1, 0.15) is 22.6 Å². The van der Waals surface area contributed by atoms with Gasteiger partial charge in [0.15, 0.2) is 0 Å². The summed E-state index contributed by atoms with van der Waals surface area (Å²) in [5, 5.41) is 0. The molecule has 0 aromatic carbocycles. The highest BCUT2D eigenvalue weighted by Gasteiger charge is 2.19. The quantitative estimate of drug-likeness (QED) is 0.850. The topological polar surface area (TPSA) is 51.1 Å². The number of aromatic nitrogens is 3. The Morgan fingerprint density at radius 2 is 2.25 bits per heavy atom. The van der Waals surface area contributed by atoms with E-state index in [-0.39, 0.29) is 0 Å². The Morgan fingerprint density at radius 3 is 3.10 bits per heavy atom. The van der Waals surface area contributed by atoms with Crippen LogP contribution >= 0.6 is 0 Å². The van der Waals surface area contributed by atoms with E-state index in [0.717, 1.165) is 43.2 Å². The van der Waals surface area contributed by atoms with E-state index in [4.69, 9.17) is 4.74 Å². The first-order valence-electron chi connectivity index (χ1n) is 6.77. The number of ether oxygens (including phenoxy) is 1. The number of hydrogen-bond donors (Lipinski definition) is 0. The van der Waals surface area contributed by atoms with Crippen LogP contribution in [0.2, 0.25) is 0 Å². The molecule has 1 aliphatic rings. The van der Waals surface area contributed by atoms with Gasteiger partial charge in [0.25, 0.3) is 0 Å². The molecule has 104 valence electrons. The first-order chi connectivity index (χ1) is 9.76. The normalized spacial score (nSPS) is 14.9. The Bertz CT molecular complexity index is 615. The van der Waals surface area contributed by atoms with Gasteiger partial charge in [-0.15, -0.1) is 0 Å². The predicted molar refractivity (Wildman–Crippen MR) is 75.4 cm³/mol. The van der Waals surface area contributed by atoms with Gasteiger partial charge in [0.2, 0.25) is 0 Å². The fourth-order valence-corrected chi connectivity index (χ4v) is 2.58. The lowest BCUT2D eigenvalue weighted by molar-refractivity contribution is 0.238. The molecule has 0 amide bonds. The third-order valence-corrected chi connectivity index (χ3v) is 3.61. The maximum atomic E-state index is 5.38. The summed E-state index contributed by atoms with van der Waals surface area (Å²) in [5.74, 6) is 1.75. The van der Waals surface area contributed by atoms with Gasteiger partial charge in [0.1, 0.15) is 11.6 Å². The molecule has 0 unspecified atom stereocenters. The molecule has 2 aromatic heterocycles. The molecule has 3 heterocycles. The van der Waals surface area contributed by atoms with Gasteiger partial charge in [0.05, 0.1) is 7.11 Å². The largest absolute Gasteiger partial charge is 0.496 e. The van der Waals surface area contributed by atoms with E-state index in [0.29, 0.717) is 0 Å². The zero-order chi connectivity index (χ0) is 13.9. The Morgan fingerprint density at radius 1 is 1.35 bits per heavy atom. The molecule has 2 aromatic rings. The molecule has 0 bridgehead atoms. The van der Waals surface area contributed by atoms with Gasteiger partial charge in [-0.1, -0.05) is 0 Å². The molecule has 5 heteroatoms. The fraction of sp³-hybridized carbons (Fsp3) is 0.400. The number of hydrogen-bond acceptors (Lipinski definition) is 5. The van der Waals surface area contributed by atoms with Crippen molar-refractivity contribution in [2.45, 2.75) is 26.4 Å². The van der Waals surface area contributed by atoms with Gasteiger partial charge >= 0.3 is 0 Å². The fourth-order valence-electron chi connectivity index (χ4n) is 2.58. The second-order valence-corrected chi connectivity index (χ2v) is 5.04. The predicted octanol–water partition coefficient (Wildman–Crippen LogP) is 1.75. The van der Waals surface area contributed by atoms with Gasteiger partial charge in [-0.25, -0.2) is 9.97 Å². The third-order valence-electron chi connectivity index (χ3n) is 3.61. The lowest BCUT2D eigenvalue weighted by atomic mass is 10.1. The first-order valence-corrected chi connectivity index (χ1v) is 6.77. The molecule has 0 saturated carbocycles. The van der Waals surface area contributed by atoms with Gasteiger partial charge in [-0.3, -0.25) is 9.88 Å². The maximum absolute atomic E-state index is 5.38. The standard InChI is InChI=1S/C15H18N4O/c1-11-17-8-12-9-19(6-4-14(12)18-11)10-13-7-16-5-3-15(13)20-2/h3,5,7-8H,4,6,9-10H2,1-2H3. The Hall–Kier alpha value is -2.01. The van der Waals surface area contributed by atoms with E-state index >= 15 is 0 Å². The minimum absolute atomic E-state index is 0.838. The highest BCUT2D eigenvalue weighted by Crippen LogP contribution is 2.22. The minimum atomic E-state index is 0.838. The Kier molecular flexibility index (Phi) is 3.60. The van der Waals surface area contributed by atoms with Crippen LogP contribution in [0.4, 0.5) is 0 Å². The van der Waals surface area contributed by atoms with Crippen LogP contribution in [0.25, 0.3) is 0 Å². The summed E-state index contributed by atoms with van der Waals surface area (Å²) in [6.45, 7) is 4.66. The van der Waals surface area contributed by atoms with Gasteiger partial charge in [0, 0.05) is 61.5 Å². The third kappa shape index (κ3) is 2.63. The zero-order valence-electron chi connectivity index (χ0n) is 11.8. The molecule has 0 N–H and O–H groups in total. The number of rotatable bonds is 3. The smallest absolute Gasteiger partial charge is 0.126 e. The Balaban J connectivity index is 1.76. The van der Waals surface area contributed by atoms with Crippen molar-refractivity contribution in [2.75, 3.05) is 13.7 Å². The van der Waals surface area contributed by atoms with Crippen LogP contribution in [0.5, 0.6) is 5.75 Å². The summed E-state index contributed by atoms with van der Waals surface area (Å²) in [7, 11) is 1.70. The summed E-state index contributed by atoms with van der Waals surface area (Å²) < 4.78 is 5.38. The van der Waals surface area contributed by atoms with E-state index in [1.165, 1.54) is 11.3 Å². The molecule has 0 atom stereocenters. The van der Waals surface area contributed by atoms with Crippen LogP contribution < -0.4 is 4.74 Å². The van der Waals surface area contributed by atoms with Crippen molar-refractivity contribution in [2.24, 2.45) is 0 Å². The Labute approximate surface area is 118 Å². The van der Waals surface area contributed by atoms with Gasteiger partial charge < -0.3 is 4.74 Å². The van der Waals surface area contributed by atoms with Crippen molar-refractivity contribution in [1.82, 2.24) is 19.9 Å². The van der Waals surface area contributed by atoms with Crippen LogP contribution in [0, 0.1) is 6.92 Å². The average molecular weight is 270 g/mol. The number of fused-ring (bicyclic) bond motifs is 1. The van der Waals surface area contributed by atoms with Crippen LogP contribution in [0.3, 0.4) is 0 Å². The highest BCUT2D eigenvalue weighted by atomic mass is 16.5. The van der Waals surface area contributed by atoms with Crippen LogP contribution in [-0.4, -0.2) is 33.5 Å². The second-order valence-electron chi connectivity index (χ2n) is 5.04. The molecular weight excluding hydrogens is 252 g/mol. The number of pyridine rings is 1. The van der Waals surface area contributed by atoms with E-state index in [1.807, 2.05) is 25.4 Å². The monoisotopic (exact) mass is 270 g/mol. The lowest BCUT2D eigenvalue weighted by Gasteiger charge is -2.28. The molecule has 0 saturated heterocycles. The van der Waals surface area contributed by atoms with Crippen molar-refractivity contribution in [1.29, 1.82) is 0 Å². The molecule has 0 spiro atoms.